The van der Waals surface area contributed by atoms with Gasteiger partial charge in [-0.1, -0.05) is 51.1 Å². The van der Waals surface area contributed by atoms with Gasteiger partial charge in [0.15, 0.2) is 0 Å². The highest BCUT2D eigenvalue weighted by molar-refractivity contribution is 5.50. The quantitative estimate of drug-likeness (QED) is 0.789. The van der Waals surface area contributed by atoms with E-state index in [2.05, 4.69) is 61.4 Å². The number of nitrogens with zero attached hydrogens (tertiary/aromatic N) is 1. The van der Waals surface area contributed by atoms with E-state index in [0.717, 1.165) is 18.7 Å². The van der Waals surface area contributed by atoms with Crippen molar-refractivity contribution in [2.45, 2.75) is 33.2 Å². The number of benzene rings is 1. The van der Waals surface area contributed by atoms with Crippen LogP contribution in [0, 0.1) is 5.41 Å². The van der Waals surface area contributed by atoms with E-state index in [1.54, 1.807) is 7.11 Å². The molecular formula is C21H28N2O. The van der Waals surface area contributed by atoms with Crippen LogP contribution >= 0.6 is 0 Å². The van der Waals surface area contributed by atoms with Crippen LogP contribution in [0.25, 0.3) is 6.08 Å². The van der Waals surface area contributed by atoms with Gasteiger partial charge in [0, 0.05) is 25.0 Å². The molecule has 1 heterocycles. The lowest BCUT2D eigenvalue weighted by Crippen LogP contribution is -2.26. The second-order valence-corrected chi connectivity index (χ2v) is 7.19. The Morgan fingerprint density at radius 3 is 2.50 bits per heavy atom. The molecule has 3 heteroatoms. The topological polar surface area (TPSA) is 34.1 Å². The molecule has 1 atom stereocenters. The first-order valence-electron chi connectivity index (χ1n) is 8.42. The van der Waals surface area contributed by atoms with Crippen LogP contribution in [0.3, 0.4) is 0 Å². The van der Waals surface area contributed by atoms with Gasteiger partial charge in [-0.05, 0) is 41.2 Å². The summed E-state index contributed by atoms with van der Waals surface area (Å²) in [4.78, 5) is 4.26. The molecule has 0 spiro atoms. The van der Waals surface area contributed by atoms with E-state index in [1.165, 1.54) is 11.1 Å². The van der Waals surface area contributed by atoms with Gasteiger partial charge >= 0.3 is 0 Å². The number of hydrogen-bond acceptors (Lipinski definition) is 3. The molecule has 0 amide bonds. The number of pyridine rings is 1. The van der Waals surface area contributed by atoms with Crippen LogP contribution in [0.15, 0.2) is 54.9 Å². The highest BCUT2D eigenvalue weighted by atomic mass is 16.5. The van der Waals surface area contributed by atoms with Gasteiger partial charge in [0.05, 0.1) is 7.11 Å². The van der Waals surface area contributed by atoms with Crippen molar-refractivity contribution in [1.82, 2.24) is 10.3 Å². The highest BCUT2D eigenvalue weighted by Gasteiger charge is 2.19. The molecule has 2 rings (SSSR count). The third-order valence-electron chi connectivity index (χ3n) is 3.81. The summed E-state index contributed by atoms with van der Waals surface area (Å²) in [6.07, 6.45) is 9.13. The summed E-state index contributed by atoms with van der Waals surface area (Å²) in [5.74, 6) is 0.882. The number of aromatic nitrogens is 1. The van der Waals surface area contributed by atoms with E-state index in [4.69, 9.17) is 4.74 Å². The first-order valence-corrected chi connectivity index (χ1v) is 8.42. The number of hydrogen-bond donors (Lipinski definition) is 1. The largest absolute Gasteiger partial charge is 0.497 e. The summed E-state index contributed by atoms with van der Waals surface area (Å²) in [5.41, 5.74) is 2.67. The van der Waals surface area contributed by atoms with E-state index in [1.807, 2.05) is 30.6 Å². The molecule has 0 aliphatic heterocycles. The number of ether oxygens (including phenoxy) is 1. The second kappa shape index (κ2) is 8.65. The zero-order chi connectivity index (χ0) is 17.4. The molecule has 0 saturated heterocycles. The van der Waals surface area contributed by atoms with Crippen LogP contribution in [-0.4, -0.2) is 18.6 Å². The lowest BCUT2D eigenvalue weighted by Gasteiger charge is -2.26. The molecule has 128 valence electrons. The fourth-order valence-corrected chi connectivity index (χ4v) is 2.62. The van der Waals surface area contributed by atoms with Crippen molar-refractivity contribution in [2.24, 2.45) is 5.41 Å². The minimum Gasteiger partial charge on any atom is -0.497 e. The molecule has 3 nitrogen and oxygen atoms in total. The Kier molecular flexibility index (Phi) is 6.56. The molecule has 24 heavy (non-hydrogen) atoms. The lowest BCUT2D eigenvalue weighted by atomic mass is 9.86. The van der Waals surface area contributed by atoms with Crippen LogP contribution in [0.2, 0.25) is 0 Å². The maximum Gasteiger partial charge on any atom is 0.118 e. The second-order valence-electron chi connectivity index (χ2n) is 7.19. The molecule has 0 saturated carbocycles. The molecule has 0 fully saturated rings. The Hall–Kier alpha value is -2.13. The SMILES string of the molecule is COc1ccc(C=CCNC(CC(C)(C)C)c2cccnc2)cc1. The Morgan fingerprint density at radius 2 is 1.92 bits per heavy atom. The first kappa shape index (κ1) is 18.2. The fraction of sp³-hybridized carbons (Fsp3) is 0.381. The first-order chi connectivity index (χ1) is 11.5. The van der Waals surface area contributed by atoms with Crippen molar-refractivity contribution in [3.63, 3.8) is 0 Å². The summed E-state index contributed by atoms with van der Waals surface area (Å²) < 4.78 is 5.18. The summed E-state index contributed by atoms with van der Waals surface area (Å²) in [6.45, 7) is 7.63. The summed E-state index contributed by atoms with van der Waals surface area (Å²) >= 11 is 0. The molecule has 1 unspecified atom stereocenters. The van der Waals surface area contributed by atoms with E-state index >= 15 is 0 Å². The molecule has 1 aromatic carbocycles. The third kappa shape index (κ3) is 6.17. The van der Waals surface area contributed by atoms with Crippen LogP contribution in [0.1, 0.15) is 44.4 Å². The van der Waals surface area contributed by atoms with Crippen LogP contribution in [0.5, 0.6) is 5.75 Å². The van der Waals surface area contributed by atoms with Crippen molar-refractivity contribution in [2.75, 3.05) is 13.7 Å². The Labute approximate surface area is 145 Å². The Balaban J connectivity index is 1.95. The fourth-order valence-electron chi connectivity index (χ4n) is 2.62. The average Bonchev–Trinajstić information content (AvgIpc) is 2.58. The summed E-state index contributed by atoms with van der Waals surface area (Å²) in [6, 6.07) is 12.5. The van der Waals surface area contributed by atoms with Crippen molar-refractivity contribution in [3.05, 3.63) is 66.0 Å². The van der Waals surface area contributed by atoms with Crippen molar-refractivity contribution < 1.29 is 4.74 Å². The smallest absolute Gasteiger partial charge is 0.118 e. The van der Waals surface area contributed by atoms with E-state index < -0.39 is 0 Å². The van der Waals surface area contributed by atoms with Gasteiger partial charge in [0.2, 0.25) is 0 Å². The van der Waals surface area contributed by atoms with Crippen LogP contribution in [0.4, 0.5) is 0 Å². The zero-order valence-corrected chi connectivity index (χ0v) is 15.1. The normalized spacial score (nSPS) is 13.2. The highest BCUT2D eigenvalue weighted by Crippen LogP contribution is 2.28. The monoisotopic (exact) mass is 324 g/mol. The van der Waals surface area contributed by atoms with E-state index in [-0.39, 0.29) is 5.41 Å². The van der Waals surface area contributed by atoms with Gasteiger partial charge < -0.3 is 10.1 Å². The number of nitrogens with one attached hydrogen (secondary N) is 1. The van der Waals surface area contributed by atoms with Gasteiger partial charge in [-0.3, -0.25) is 4.98 Å². The molecule has 0 radical (unpaired) electrons. The minimum atomic E-state index is 0.257. The maximum absolute atomic E-state index is 5.18. The zero-order valence-electron chi connectivity index (χ0n) is 15.1. The van der Waals surface area contributed by atoms with Gasteiger partial charge in [-0.2, -0.15) is 0 Å². The standard InChI is InChI=1S/C21H28N2O/c1-21(2,3)15-20(18-8-6-13-22-16-18)23-14-5-7-17-9-11-19(24-4)12-10-17/h5-13,16,20,23H,14-15H2,1-4H3. The van der Waals surface area contributed by atoms with Crippen molar-refractivity contribution in [3.8, 4) is 5.75 Å². The molecular weight excluding hydrogens is 296 g/mol. The van der Waals surface area contributed by atoms with E-state index in [0.29, 0.717) is 6.04 Å². The third-order valence-corrected chi connectivity index (χ3v) is 3.81. The maximum atomic E-state index is 5.18. The molecule has 2 aromatic rings. The molecule has 0 aliphatic rings. The number of rotatable bonds is 7. The molecule has 1 aromatic heterocycles. The minimum absolute atomic E-state index is 0.257. The molecule has 1 N–H and O–H groups in total. The summed E-state index contributed by atoms with van der Waals surface area (Å²) in [5, 5.41) is 3.63. The molecule has 0 bridgehead atoms. The van der Waals surface area contributed by atoms with Crippen LogP contribution in [-0.2, 0) is 0 Å². The van der Waals surface area contributed by atoms with Crippen molar-refractivity contribution >= 4 is 6.08 Å². The van der Waals surface area contributed by atoms with Gasteiger partial charge in [-0.25, -0.2) is 0 Å². The summed E-state index contributed by atoms with van der Waals surface area (Å²) in [7, 11) is 1.68. The predicted molar refractivity (Wildman–Crippen MR) is 101 cm³/mol. The van der Waals surface area contributed by atoms with Gasteiger partial charge in [0.1, 0.15) is 5.75 Å². The van der Waals surface area contributed by atoms with E-state index in [9.17, 15) is 0 Å². The average molecular weight is 324 g/mol. The van der Waals surface area contributed by atoms with Crippen molar-refractivity contribution in [1.29, 1.82) is 0 Å². The lowest BCUT2D eigenvalue weighted by molar-refractivity contribution is 0.316. The van der Waals surface area contributed by atoms with Gasteiger partial charge in [-0.15, -0.1) is 0 Å². The predicted octanol–water partition coefficient (Wildman–Crippen LogP) is 4.87. The van der Waals surface area contributed by atoms with Gasteiger partial charge in [0.25, 0.3) is 0 Å². The van der Waals surface area contributed by atoms with Crippen LogP contribution < -0.4 is 10.1 Å². The Morgan fingerprint density at radius 1 is 1.17 bits per heavy atom. The molecule has 0 aliphatic carbocycles. The number of methoxy groups -OCH3 is 1. The Bertz CT molecular complexity index is 627.